The first-order valence-corrected chi connectivity index (χ1v) is 11.8. The summed E-state index contributed by atoms with van der Waals surface area (Å²) in [6.07, 6.45) is 1.88. The monoisotopic (exact) mass is 443 g/mol. The molecule has 2 aromatic carbocycles. The zero-order valence-electron chi connectivity index (χ0n) is 17.4. The summed E-state index contributed by atoms with van der Waals surface area (Å²) in [6.45, 7) is 1.67. The molecule has 0 aliphatic carbocycles. The van der Waals surface area contributed by atoms with Crippen molar-refractivity contribution in [2.24, 2.45) is 4.99 Å². The lowest BCUT2D eigenvalue weighted by molar-refractivity contribution is 0.468. The lowest BCUT2D eigenvalue weighted by Crippen LogP contribution is -2.51. The molecular formula is C22H26FN5O2S. The molecule has 31 heavy (non-hydrogen) atoms. The van der Waals surface area contributed by atoms with Gasteiger partial charge in [0.2, 0.25) is 0 Å². The number of rotatable bonds is 6. The van der Waals surface area contributed by atoms with E-state index in [0.717, 1.165) is 31.1 Å². The number of guanidine groups is 1. The van der Waals surface area contributed by atoms with Crippen LogP contribution < -0.4 is 15.5 Å². The minimum Gasteiger partial charge on any atom is -0.368 e. The maximum atomic E-state index is 13.8. The van der Waals surface area contributed by atoms with E-state index in [4.69, 9.17) is 0 Å². The Balaban J connectivity index is 1.56. The first kappa shape index (κ1) is 22.6. The van der Waals surface area contributed by atoms with Crippen LogP contribution in [0.5, 0.6) is 0 Å². The van der Waals surface area contributed by atoms with Crippen molar-refractivity contribution in [1.82, 2.24) is 10.6 Å². The first-order chi connectivity index (χ1) is 14.9. The van der Waals surface area contributed by atoms with Crippen molar-refractivity contribution in [2.45, 2.75) is 23.8 Å². The zero-order chi connectivity index (χ0) is 22.3. The zero-order valence-corrected chi connectivity index (χ0v) is 18.2. The van der Waals surface area contributed by atoms with Gasteiger partial charge in [-0.05, 0) is 37.1 Å². The van der Waals surface area contributed by atoms with Gasteiger partial charge in [0.1, 0.15) is 16.8 Å². The first-order valence-electron chi connectivity index (χ1n) is 10.1. The molecule has 1 aliphatic rings. The van der Waals surface area contributed by atoms with Crippen molar-refractivity contribution in [3.63, 3.8) is 0 Å². The van der Waals surface area contributed by atoms with E-state index in [1.165, 1.54) is 18.2 Å². The van der Waals surface area contributed by atoms with Gasteiger partial charge in [0.05, 0.1) is 17.0 Å². The van der Waals surface area contributed by atoms with E-state index in [0.29, 0.717) is 18.1 Å². The summed E-state index contributed by atoms with van der Waals surface area (Å²) in [4.78, 5) is 6.06. The Morgan fingerprint density at radius 2 is 2.00 bits per heavy atom. The quantitative estimate of drug-likeness (QED) is 0.525. The molecule has 1 heterocycles. The van der Waals surface area contributed by atoms with Crippen LogP contribution in [0.1, 0.15) is 18.4 Å². The van der Waals surface area contributed by atoms with Gasteiger partial charge in [-0.2, -0.15) is 5.26 Å². The van der Waals surface area contributed by atoms with E-state index >= 15 is 0 Å². The average Bonchev–Trinajstić information content (AvgIpc) is 2.78. The lowest BCUT2D eigenvalue weighted by atomic mass is 10.0. The molecule has 3 rings (SSSR count). The molecule has 1 saturated heterocycles. The Hall–Kier alpha value is -3.12. The van der Waals surface area contributed by atoms with Gasteiger partial charge >= 0.3 is 0 Å². The summed E-state index contributed by atoms with van der Waals surface area (Å²) < 4.78 is 38.6. The molecule has 1 aliphatic heterocycles. The molecule has 2 aromatic rings. The van der Waals surface area contributed by atoms with Crippen molar-refractivity contribution in [3.05, 3.63) is 59.9 Å². The molecular weight excluding hydrogens is 417 g/mol. The summed E-state index contributed by atoms with van der Waals surface area (Å²) in [6, 6.07) is 15.2. The minimum atomic E-state index is -3.74. The van der Waals surface area contributed by atoms with Crippen LogP contribution in [0.4, 0.5) is 10.1 Å². The number of hydrogen-bond donors (Lipinski definition) is 2. The molecule has 1 fully saturated rings. The van der Waals surface area contributed by atoms with Crippen LogP contribution >= 0.6 is 0 Å². The number of aliphatic imine (C=N–C) groups is 1. The van der Waals surface area contributed by atoms with Gasteiger partial charge in [-0.15, -0.1) is 0 Å². The van der Waals surface area contributed by atoms with Crippen LogP contribution in [-0.2, 0) is 9.84 Å². The third-order valence-corrected chi connectivity index (χ3v) is 6.93. The number of hydrogen-bond acceptors (Lipinski definition) is 5. The Bertz CT molecular complexity index is 1080. The lowest BCUT2D eigenvalue weighted by Gasteiger charge is -2.35. The van der Waals surface area contributed by atoms with E-state index in [-0.39, 0.29) is 23.2 Å². The van der Waals surface area contributed by atoms with Gasteiger partial charge < -0.3 is 15.5 Å². The van der Waals surface area contributed by atoms with Crippen LogP contribution in [0.3, 0.4) is 0 Å². The molecule has 9 heteroatoms. The van der Waals surface area contributed by atoms with E-state index in [1.807, 2.05) is 24.3 Å². The molecule has 1 atom stereocenters. The van der Waals surface area contributed by atoms with Crippen molar-refractivity contribution in [2.75, 3.05) is 37.3 Å². The second-order valence-electron chi connectivity index (χ2n) is 7.31. The second-order valence-corrected chi connectivity index (χ2v) is 9.38. The number of benzene rings is 2. The third-order valence-electron chi connectivity index (χ3n) is 5.19. The molecule has 0 saturated carbocycles. The summed E-state index contributed by atoms with van der Waals surface area (Å²) >= 11 is 0. The maximum Gasteiger partial charge on any atom is 0.191 e. The van der Waals surface area contributed by atoms with Crippen LogP contribution in [0.2, 0.25) is 0 Å². The fraction of sp³-hybridized carbons (Fsp3) is 0.364. The smallest absolute Gasteiger partial charge is 0.191 e. The number of para-hydroxylation sites is 1. The van der Waals surface area contributed by atoms with Gasteiger partial charge in [0.15, 0.2) is 15.8 Å². The number of nitriles is 1. The number of anilines is 1. The molecule has 2 N–H and O–H groups in total. The molecule has 164 valence electrons. The van der Waals surface area contributed by atoms with E-state index in [2.05, 4.69) is 26.6 Å². The van der Waals surface area contributed by atoms with Gasteiger partial charge in [-0.3, -0.25) is 4.99 Å². The summed E-state index contributed by atoms with van der Waals surface area (Å²) in [5.74, 6) is -0.504. The Morgan fingerprint density at radius 1 is 1.26 bits per heavy atom. The predicted molar refractivity (Wildman–Crippen MR) is 119 cm³/mol. The van der Waals surface area contributed by atoms with Crippen LogP contribution in [-0.4, -0.2) is 52.9 Å². The predicted octanol–water partition coefficient (Wildman–Crippen LogP) is 2.31. The second kappa shape index (κ2) is 10.3. The van der Waals surface area contributed by atoms with Crippen LogP contribution in [0.15, 0.2) is 58.4 Å². The summed E-state index contributed by atoms with van der Waals surface area (Å²) in [5, 5.41) is 15.7. The maximum absolute atomic E-state index is 13.8. The number of halogens is 1. The molecule has 0 amide bonds. The fourth-order valence-corrected chi connectivity index (χ4v) is 4.90. The van der Waals surface area contributed by atoms with Crippen LogP contribution in [0, 0.1) is 17.1 Å². The van der Waals surface area contributed by atoms with E-state index < -0.39 is 15.7 Å². The standard InChI is InChI=1S/C22H26FN5O2S/c1-25-22(26-12-14-31(29,30)21-11-5-3-9-19(21)23)27-18-8-6-13-28(16-18)20-10-4-2-7-17(20)15-24/h2-5,7,9-11,18H,6,8,12-14,16H2,1H3,(H2,25,26,27). The number of piperidine rings is 1. The van der Waals surface area contributed by atoms with Crippen LogP contribution in [0.25, 0.3) is 0 Å². The Morgan fingerprint density at radius 3 is 2.74 bits per heavy atom. The highest BCUT2D eigenvalue weighted by atomic mass is 32.2. The van der Waals surface area contributed by atoms with Gasteiger partial charge in [-0.1, -0.05) is 24.3 Å². The summed E-state index contributed by atoms with van der Waals surface area (Å²) in [5.41, 5.74) is 1.56. The van der Waals surface area contributed by atoms with E-state index in [1.54, 1.807) is 7.05 Å². The highest BCUT2D eigenvalue weighted by Gasteiger charge is 2.23. The fourth-order valence-electron chi connectivity index (χ4n) is 3.66. The van der Waals surface area contributed by atoms with Gasteiger partial charge in [0, 0.05) is 32.7 Å². The Kier molecular flexibility index (Phi) is 7.47. The normalized spacial score (nSPS) is 17.1. The largest absolute Gasteiger partial charge is 0.368 e. The number of sulfone groups is 1. The van der Waals surface area contributed by atoms with Gasteiger partial charge in [0.25, 0.3) is 0 Å². The summed E-state index contributed by atoms with van der Waals surface area (Å²) in [7, 11) is -2.12. The van der Waals surface area contributed by atoms with Crippen molar-refractivity contribution < 1.29 is 12.8 Å². The number of nitrogens with zero attached hydrogens (tertiary/aromatic N) is 3. The SMILES string of the molecule is CN=C(NCCS(=O)(=O)c1ccccc1F)NC1CCCN(c2ccccc2C#N)C1. The molecule has 7 nitrogen and oxygen atoms in total. The average molecular weight is 444 g/mol. The highest BCUT2D eigenvalue weighted by molar-refractivity contribution is 7.91. The number of nitrogens with one attached hydrogen (secondary N) is 2. The minimum absolute atomic E-state index is 0.0925. The van der Waals surface area contributed by atoms with Gasteiger partial charge in [-0.25, -0.2) is 12.8 Å². The molecule has 1 unspecified atom stereocenters. The topological polar surface area (TPSA) is 97.6 Å². The Labute approximate surface area is 182 Å². The highest BCUT2D eigenvalue weighted by Crippen LogP contribution is 2.23. The molecule has 0 radical (unpaired) electrons. The van der Waals surface area contributed by atoms with Crippen molar-refractivity contribution >= 4 is 21.5 Å². The van der Waals surface area contributed by atoms with Crippen molar-refractivity contribution in [1.29, 1.82) is 5.26 Å². The molecule has 0 aromatic heterocycles. The van der Waals surface area contributed by atoms with E-state index in [9.17, 15) is 18.1 Å². The van der Waals surface area contributed by atoms with Crippen molar-refractivity contribution in [3.8, 4) is 6.07 Å². The molecule has 0 spiro atoms. The molecule has 0 bridgehead atoms. The third kappa shape index (κ3) is 5.73.